The van der Waals surface area contributed by atoms with E-state index in [1.807, 2.05) is 0 Å². The number of carbonyl (C=O) groups is 1. The SMILES string of the molecule is C=CC(=O)NCc1cn2ccnc2c(-c2ccc(C(F)(F)F)cc2)n1. The van der Waals surface area contributed by atoms with Gasteiger partial charge in [-0.3, -0.25) is 4.79 Å². The second-order valence-electron chi connectivity index (χ2n) is 5.24. The molecule has 3 rings (SSSR count). The van der Waals surface area contributed by atoms with Crippen molar-refractivity contribution >= 4 is 11.6 Å². The minimum absolute atomic E-state index is 0.159. The predicted octanol–water partition coefficient (Wildman–Crippen LogP) is 3.22. The molecular formula is C17H13F3N4O. The van der Waals surface area contributed by atoms with Crippen LogP contribution in [0.15, 0.2) is 55.5 Å². The Morgan fingerprint density at radius 1 is 1.28 bits per heavy atom. The molecule has 1 aromatic carbocycles. The Hall–Kier alpha value is -3.16. The number of nitrogens with one attached hydrogen (secondary N) is 1. The second kappa shape index (κ2) is 6.39. The largest absolute Gasteiger partial charge is 0.416 e. The van der Waals surface area contributed by atoms with Crippen molar-refractivity contribution in [2.24, 2.45) is 0 Å². The van der Waals surface area contributed by atoms with Crippen molar-refractivity contribution in [2.75, 3.05) is 0 Å². The van der Waals surface area contributed by atoms with Crippen LogP contribution in [0, 0.1) is 0 Å². The van der Waals surface area contributed by atoms with E-state index in [0.29, 0.717) is 22.6 Å². The number of halogens is 3. The van der Waals surface area contributed by atoms with Crippen molar-refractivity contribution in [3.63, 3.8) is 0 Å². The molecule has 0 bridgehead atoms. The van der Waals surface area contributed by atoms with E-state index >= 15 is 0 Å². The molecule has 2 heterocycles. The topological polar surface area (TPSA) is 59.3 Å². The van der Waals surface area contributed by atoms with E-state index in [1.54, 1.807) is 23.0 Å². The third kappa shape index (κ3) is 3.52. The molecule has 3 aromatic rings. The molecule has 0 radical (unpaired) electrons. The standard InChI is InChI=1S/C17H13F3N4O/c1-2-14(25)22-9-13-10-24-8-7-21-16(24)15(23-13)11-3-5-12(6-4-11)17(18,19)20/h2-8,10H,1,9H2,(H,22,25). The number of fused-ring (bicyclic) bond motifs is 1. The summed E-state index contributed by atoms with van der Waals surface area (Å²) in [7, 11) is 0. The number of hydrogen-bond acceptors (Lipinski definition) is 3. The van der Waals surface area contributed by atoms with Crippen LogP contribution in [-0.4, -0.2) is 20.3 Å². The highest BCUT2D eigenvalue weighted by Gasteiger charge is 2.30. The van der Waals surface area contributed by atoms with Crippen LogP contribution in [0.1, 0.15) is 11.3 Å². The van der Waals surface area contributed by atoms with Crippen LogP contribution < -0.4 is 5.32 Å². The Bertz CT molecular complexity index is 929. The summed E-state index contributed by atoms with van der Waals surface area (Å²) in [5, 5.41) is 2.61. The molecule has 0 saturated heterocycles. The summed E-state index contributed by atoms with van der Waals surface area (Å²) in [6.07, 6.45) is 1.71. The van der Waals surface area contributed by atoms with Gasteiger partial charge in [-0.25, -0.2) is 9.97 Å². The second-order valence-corrected chi connectivity index (χ2v) is 5.24. The lowest BCUT2D eigenvalue weighted by Crippen LogP contribution is -2.21. The molecule has 8 heteroatoms. The van der Waals surface area contributed by atoms with E-state index in [9.17, 15) is 18.0 Å². The number of amides is 1. The Morgan fingerprint density at radius 3 is 2.64 bits per heavy atom. The van der Waals surface area contributed by atoms with Gasteiger partial charge in [0.1, 0.15) is 5.69 Å². The zero-order valence-electron chi connectivity index (χ0n) is 12.9. The van der Waals surface area contributed by atoms with Crippen LogP contribution in [-0.2, 0) is 17.5 Å². The van der Waals surface area contributed by atoms with Gasteiger partial charge in [0.25, 0.3) is 0 Å². The lowest BCUT2D eigenvalue weighted by molar-refractivity contribution is -0.137. The summed E-state index contributed by atoms with van der Waals surface area (Å²) in [6.45, 7) is 3.53. The summed E-state index contributed by atoms with van der Waals surface area (Å²) < 4.78 is 39.9. The number of nitrogens with zero attached hydrogens (tertiary/aromatic N) is 3. The molecule has 1 amide bonds. The van der Waals surface area contributed by atoms with Gasteiger partial charge in [0.2, 0.25) is 5.91 Å². The van der Waals surface area contributed by atoms with Gasteiger partial charge in [-0.2, -0.15) is 13.2 Å². The molecule has 0 unspecified atom stereocenters. The van der Waals surface area contributed by atoms with E-state index in [-0.39, 0.29) is 12.5 Å². The molecule has 25 heavy (non-hydrogen) atoms. The number of carbonyl (C=O) groups excluding carboxylic acids is 1. The monoisotopic (exact) mass is 346 g/mol. The van der Waals surface area contributed by atoms with Gasteiger partial charge in [-0.05, 0) is 18.2 Å². The van der Waals surface area contributed by atoms with Crippen molar-refractivity contribution in [1.29, 1.82) is 0 Å². The van der Waals surface area contributed by atoms with Crippen molar-refractivity contribution < 1.29 is 18.0 Å². The first-order valence-electron chi connectivity index (χ1n) is 7.29. The average Bonchev–Trinajstić information content (AvgIpc) is 3.06. The van der Waals surface area contributed by atoms with Crippen LogP contribution in [0.2, 0.25) is 0 Å². The maximum Gasteiger partial charge on any atom is 0.416 e. The molecule has 128 valence electrons. The summed E-state index contributed by atoms with van der Waals surface area (Å²) in [5.74, 6) is -0.344. The molecule has 5 nitrogen and oxygen atoms in total. The number of benzene rings is 1. The first-order chi connectivity index (χ1) is 11.9. The summed E-state index contributed by atoms with van der Waals surface area (Å²) in [5.41, 5.74) is 1.25. The van der Waals surface area contributed by atoms with Crippen LogP contribution >= 0.6 is 0 Å². The Morgan fingerprint density at radius 2 is 2.00 bits per heavy atom. The van der Waals surface area contributed by atoms with Gasteiger partial charge in [0.15, 0.2) is 5.65 Å². The summed E-state index contributed by atoms with van der Waals surface area (Å²) in [6, 6.07) is 4.71. The van der Waals surface area contributed by atoms with Crippen molar-refractivity contribution in [3.8, 4) is 11.3 Å². The van der Waals surface area contributed by atoms with Gasteiger partial charge in [-0.15, -0.1) is 0 Å². The van der Waals surface area contributed by atoms with E-state index in [1.165, 1.54) is 12.1 Å². The molecule has 0 saturated carbocycles. The third-order valence-electron chi connectivity index (χ3n) is 3.54. The third-order valence-corrected chi connectivity index (χ3v) is 3.54. The minimum Gasteiger partial charge on any atom is -0.347 e. The van der Waals surface area contributed by atoms with Crippen molar-refractivity contribution in [2.45, 2.75) is 12.7 Å². The maximum absolute atomic E-state index is 12.7. The fraction of sp³-hybridized carbons (Fsp3) is 0.118. The molecule has 0 aliphatic carbocycles. The van der Waals surface area contributed by atoms with E-state index in [0.717, 1.165) is 18.2 Å². The Balaban J connectivity index is 2.01. The van der Waals surface area contributed by atoms with Crippen molar-refractivity contribution in [1.82, 2.24) is 19.7 Å². The zero-order chi connectivity index (χ0) is 18.0. The summed E-state index contributed by atoms with van der Waals surface area (Å²) >= 11 is 0. The number of aromatic nitrogens is 3. The highest BCUT2D eigenvalue weighted by molar-refractivity contribution is 5.86. The Labute approximate surface area is 140 Å². The fourth-order valence-corrected chi connectivity index (χ4v) is 2.33. The highest BCUT2D eigenvalue weighted by Crippen LogP contribution is 2.31. The maximum atomic E-state index is 12.7. The molecule has 1 N–H and O–H groups in total. The normalized spacial score (nSPS) is 11.5. The predicted molar refractivity (Wildman–Crippen MR) is 85.5 cm³/mol. The van der Waals surface area contributed by atoms with Gasteiger partial charge >= 0.3 is 6.18 Å². The quantitative estimate of drug-likeness (QED) is 0.738. The van der Waals surface area contributed by atoms with Crippen LogP contribution in [0.5, 0.6) is 0 Å². The zero-order valence-corrected chi connectivity index (χ0v) is 12.9. The fourth-order valence-electron chi connectivity index (χ4n) is 2.33. The molecular weight excluding hydrogens is 333 g/mol. The van der Waals surface area contributed by atoms with Crippen LogP contribution in [0.3, 0.4) is 0 Å². The molecule has 0 atom stereocenters. The molecule has 0 fully saturated rings. The highest BCUT2D eigenvalue weighted by atomic mass is 19.4. The number of alkyl halides is 3. The molecule has 0 aliphatic rings. The van der Waals surface area contributed by atoms with Crippen LogP contribution in [0.4, 0.5) is 13.2 Å². The first kappa shape index (κ1) is 16.7. The number of rotatable bonds is 4. The van der Waals surface area contributed by atoms with Crippen molar-refractivity contribution in [3.05, 3.63) is 66.8 Å². The summed E-state index contributed by atoms with van der Waals surface area (Å²) in [4.78, 5) is 19.9. The van der Waals surface area contributed by atoms with Gasteiger partial charge in [0, 0.05) is 24.2 Å². The lowest BCUT2D eigenvalue weighted by Gasteiger charge is -2.10. The van der Waals surface area contributed by atoms with E-state index in [2.05, 4.69) is 21.9 Å². The smallest absolute Gasteiger partial charge is 0.347 e. The Kier molecular flexibility index (Phi) is 4.26. The number of hydrogen-bond donors (Lipinski definition) is 1. The number of imidazole rings is 1. The van der Waals surface area contributed by atoms with Gasteiger partial charge in [-0.1, -0.05) is 18.7 Å². The lowest BCUT2D eigenvalue weighted by atomic mass is 10.1. The van der Waals surface area contributed by atoms with Gasteiger partial charge < -0.3 is 9.72 Å². The van der Waals surface area contributed by atoms with Gasteiger partial charge in [0.05, 0.1) is 17.8 Å². The van der Waals surface area contributed by atoms with Crippen LogP contribution in [0.25, 0.3) is 16.9 Å². The molecule has 0 aliphatic heterocycles. The minimum atomic E-state index is -4.40. The van der Waals surface area contributed by atoms with E-state index < -0.39 is 11.7 Å². The first-order valence-corrected chi connectivity index (χ1v) is 7.29. The average molecular weight is 346 g/mol. The molecule has 2 aromatic heterocycles. The molecule has 0 spiro atoms. The van der Waals surface area contributed by atoms with E-state index in [4.69, 9.17) is 0 Å².